The molecule has 0 radical (unpaired) electrons. The summed E-state index contributed by atoms with van der Waals surface area (Å²) in [7, 11) is 0. The quantitative estimate of drug-likeness (QED) is 0.921. The van der Waals surface area contributed by atoms with E-state index in [0.29, 0.717) is 15.7 Å². The number of hydrogen-bond acceptors (Lipinski definition) is 4. The van der Waals surface area contributed by atoms with E-state index < -0.39 is 0 Å². The fraction of sp³-hybridized carbons (Fsp3) is 0.100. The first-order valence-electron chi connectivity index (χ1n) is 4.60. The maximum absolute atomic E-state index is 11.9. The van der Waals surface area contributed by atoms with Gasteiger partial charge in [0.15, 0.2) is 5.82 Å². The molecule has 0 unspecified atom stereocenters. The van der Waals surface area contributed by atoms with Gasteiger partial charge in [-0.3, -0.25) is 9.78 Å². The number of hydrogen-bond donors (Lipinski definition) is 1. The average molecular weight is 288 g/mol. The topological polar surface area (TPSA) is 54.9 Å². The van der Waals surface area contributed by atoms with Crippen LogP contribution in [-0.4, -0.2) is 15.9 Å². The van der Waals surface area contributed by atoms with Crippen LogP contribution in [0.2, 0.25) is 10.2 Å². The fourth-order valence-corrected chi connectivity index (χ4v) is 2.48. The minimum absolute atomic E-state index is 0.219. The molecule has 1 N–H and O–H groups in total. The highest BCUT2D eigenvalue weighted by Gasteiger charge is 2.15. The number of nitrogens with one attached hydrogen (secondary N) is 1. The van der Waals surface area contributed by atoms with Crippen molar-refractivity contribution in [1.29, 1.82) is 0 Å². The largest absolute Gasteiger partial charge is 0.304 e. The van der Waals surface area contributed by atoms with Gasteiger partial charge in [-0.2, -0.15) is 0 Å². The number of halogens is 2. The summed E-state index contributed by atoms with van der Waals surface area (Å²) in [6.45, 7) is 1.84. The molecule has 2 aromatic heterocycles. The molecule has 0 aliphatic rings. The molecule has 7 heteroatoms. The summed E-state index contributed by atoms with van der Waals surface area (Å²) >= 11 is 12.9. The number of aryl methyl sites for hydroxylation is 1. The summed E-state index contributed by atoms with van der Waals surface area (Å²) in [6, 6.07) is 0. The number of nitrogens with zero attached hydrogens (tertiary/aromatic N) is 2. The number of rotatable bonds is 2. The number of aromatic nitrogens is 2. The van der Waals surface area contributed by atoms with Crippen molar-refractivity contribution >= 4 is 46.3 Å². The number of carbonyl (C=O) groups excluding carboxylic acids is 1. The molecule has 2 aromatic rings. The van der Waals surface area contributed by atoms with Crippen LogP contribution in [0.25, 0.3) is 0 Å². The smallest absolute Gasteiger partial charge is 0.268 e. The number of carbonyl (C=O) groups is 1. The van der Waals surface area contributed by atoms with Gasteiger partial charge in [-0.1, -0.05) is 23.2 Å². The minimum Gasteiger partial charge on any atom is -0.304 e. The Balaban J connectivity index is 2.20. The molecule has 0 aliphatic heterocycles. The van der Waals surface area contributed by atoms with Crippen LogP contribution in [0, 0.1) is 6.92 Å². The molecule has 2 rings (SSSR count). The lowest BCUT2D eigenvalue weighted by Crippen LogP contribution is -2.12. The summed E-state index contributed by atoms with van der Waals surface area (Å²) in [5, 5.41) is 5.08. The van der Waals surface area contributed by atoms with Crippen LogP contribution in [0.3, 0.4) is 0 Å². The van der Waals surface area contributed by atoms with E-state index in [1.165, 1.54) is 23.7 Å². The van der Waals surface area contributed by atoms with Gasteiger partial charge in [0, 0.05) is 0 Å². The lowest BCUT2D eigenvalue weighted by molar-refractivity contribution is 0.103. The third-order valence-electron chi connectivity index (χ3n) is 1.95. The van der Waals surface area contributed by atoms with E-state index in [-0.39, 0.29) is 11.1 Å². The number of thiophene rings is 1. The zero-order valence-corrected chi connectivity index (χ0v) is 11.0. The SMILES string of the molecule is Cc1csc(C(=O)Nc2cncc(Cl)n2)c1Cl. The molecule has 0 bridgehead atoms. The van der Waals surface area contributed by atoms with E-state index in [2.05, 4.69) is 15.3 Å². The molecule has 0 saturated carbocycles. The first-order chi connectivity index (χ1) is 8.08. The summed E-state index contributed by atoms with van der Waals surface area (Å²) in [4.78, 5) is 20.0. The third-order valence-corrected chi connectivity index (χ3v) is 3.83. The zero-order valence-electron chi connectivity index (χ0n) is 8.70. The van der Waals surface area contributed by atoms with Gasteiger partial charge in [0.2, 0.25) is 0 Å². The fourth-order valence-electron chi connectivity index (χ4n) is 1.16. The van der Waals surface area contributed by atoms with Gasteiger partial charge in [-0.05, 0) is 17.9 Å². The van der Waals surface area contributed by atoms with Crippen LogP contribution in [0.5, 0.6) is 0 Å². The first kappa shape index (κ1) is 12.3. The normalized spacial score (nSPS) is 10.3. The van der Waals surface area contributed by atoms with Crippen LogP contribution in [0.15, 0.2) is 17.8 Å². The van der Waals surface area contributed by atoms with Crippen molar-refractivity contribution in [3.63, 3.8) is 0 Å². The number of anilines is 1. The van der Waals surface area contributed by atoms with Crippen LogP contribution in [0.4, 0.5) is 5.82 Å². The Labute approximate surface area is 112 Å². The van der Waals surface area contributed by atoms with E-state index in [1.807, 2.05) is 12.3 Å². The molecular weight excluding hydrogens is 281 g/mol. The summed E-state index contributed by atoms with van der Waals surface area (Å²) in [5.74, 6) is -0.0192. The third kappa shape index (κ3) is 2.74. The molecule has 4 nitrogen and oxygen atoms in total. The van der Waals surface area contributed by atoms with Crippen molar-refractivity contribution in [2.24, 2.45) is 0 Å². The lowest BCUT2D eigenvalue weighted by Gasteiger charge is -2.02. The van der Waals surface area contributed by atoms with Crippen molar-refractivity contribution < 1.29 is 4.79 Å². The van der Waals surface area contributed by atoms with Gasteiger partial charge in [-0.25, -0.2) is 4.98 Å². The summed E-state index contributed by atoms with van der Waals surface area (Å²) < 4.78 is 0. The maximum atomic E-state index is 11.9. The molecular formula is C10H7Cl2N3OS. The van der Waals surface area contributed by atoms with E-state index in [4.69, 9.17) is 23.2 Å². The molecule has 0 aromatic carbocycles. The van der Waals surface area contributed by atoms with Gasteiger partial charge in [0.05, 0.1) is 17.4 Å². The molecule has 0 atom stereocenters. The molecule has 17 heavy (non-hydrogen) atoms. The molecule has 0 spiro atoms. The Kier molecular flexibility index (Phi) is 3.61. The van der Waals surface area contributed by atoms with Crippen LogP contribution < -0.4 is 5.32 Å². The minimum atomic E-state index is -0.315. The van der Waals surface area contributed by atoms with Gasteiger partial charge < -0.3 is 5.32 Å². The van der Waals surface area contributed by atoms with Crippen molar-refractivity contribution in [3.05, 3.63) is 38.4 Å². The van der Waals surface area contributed by atoms with Gasteiger partial charge in [0.1, 0.15) is 10.0 Å². The summed E-state index contributed by atoms with van der Waals surface area (Å²) in [6.07, 6.45) is 2.80. The average Bonchev–Trinajstić information content (AvgIpc) is 2.60. The predicted molar refractivity (Wildman–Crippen MR) is 69.1 cm³/mol. The molecule has 1 amide bonds. The van der Waals surface area contributed by atoms with Crippen LogP contribution in [0.1, 0.15) is 15.2 Å². The summed E-state index contributed by atoms with van der Waals surface area (Å²) in [5.41, 5.74) is 0.874. The van der Waals surface area contributed by atoms with Crippen LogP contribution >= 0.6 is 34.5 Å². The molecule has 2 heterocycles. The second-order valence-corrected chi connectivity index (χ2v) is 4.89. The highest BCUT2D eigenvalue weighted by molar-refractivity contribution is 7.13. The highest BCUT2D eigenvalue weighted by atomic mass is 35.5. The molecule has 88 valence electrons. The van der Waals surface area contributed by atoms with Gasteiger partial charge in [-0.15, -0.1) is 11.3 Å². The Morgan fingerprint density at radius 1 is 1.41 bits per heavy atom. The maximum Gasteiger partial charge on any atom is 0.268 e. The number of amides is 1. The predicted octanol–water partition coefficient (Wildman–Crippen LogP) is 3.41. The monoisotopic (exact) mass is 287 g/mol. The van der Waals surface area contributed by atoms with Crippen molar-refractivity contribution in [2.75, 3.05) is 5.32 Å². The van der Waals surface area contributed by atoms with Crippen molar-refractivity contribution in [3.8, 4) is 0 Å². The molecule has 0 saturated heterocycles. The van der Waals surface area contributed by atoms with Gasteiger partial charge in [0.25, 0.3) is 5.91 Å². The Bertz CT molecular complexity index is 570. The van der Waals surface area contributed by atoms with Gasteiger partial charge >= 0.3 is 0 Å². The van der Waals surface area contributed by atoms with E-state index in [0.717, 1.165) is 5.56 Å². The van der Waals surface area contributed by atoms with Crippen LogP contribution in [-0.2, 0) is 0 Å². The first-order valence-corrected chi connectivity index (χ1v) is 6.24. The molecule has 0 fully saturated rings. The highest BCUT2D eigenvalue weighted by Crippen LogP contribution is 2.27. The van der Waals surface area contributed by atoms with Crippen molar-refractivity contribution in [1.82, 2.24) is 9.97 Å². The Morgan fingerprint density at radius 3 is 2.76 bits per heavy atom. The second kappa shape index (κ2) is 5.00. The standard InChI is InChI=1S/C10H7Cl2N3OS/c1-5-4-17-9(8(5)12)10(16)15-7-3-13-2-6(11)14-7/h2-4H,1H3,(H,14,15,16). The van der Waals surface area contributed by atoms with E-state index in [1.54, 1.807) is 0 Å². The Hall–Kier alpha value is -1.17. The van der Waals surface area contributed by atoms with E-state index >= 15 is 0 Å². The Morgan fingerprint density at radius 2 is 2.18 bits per heavy atom. The lowest BCUT2D eigenvalue weighted by atomic mass is 10.3. The zero-order chi connectivity index (χ0) is 12.4. The molecule has 0 aliphatic carbocycles. The van der Waals surface area contributed by atoms with Crippen molar-refractivity contribution in [2.45, 2.75) is 6.92 Å². The second-order valence-electron chi connectivity index (χ2n) is 3.24. The van der Waals surface area contributed by atoms with E-state index in [9.17, 15) is 4.79 Å².